The van der Waals surface area contributed by atoms with Gasteiger partial charge in [-0.05, 0) is 44.5 Å². The summed E-state index contributed by atoms with van der Waals surface area (Å²) in [5.74, 6) is 0.0596. The third kappa shape index (κ3) is 2.88. The van der Waals surface area contributed by atoms with Crippen LogP contribution < -0.4 is 10.5 Å². The molecule has 0 unspecified atom stereocenters. The van der Waals surface area contributed by atoms with Crippen molar-refractivity contribution >= 4 is 21.7 Å². The summed E-state index contributed by atoms with van der Waals surface area (Å²) >= 11 is 0. The van der Waals surface area contributed by atoms with Crippen molar-refractivity contribution in [3.8, 4) is 0 Å². The largest absolute Gasteiger partial charge is 0.398 e. The molecular weight excluding hydrogens is 276 g/mol. The summed E-state index contributed by atoms with van der Waals surface area (Å²) < 4.78 is 27.1. The zero-order valence-electron chi connectivity index (χ0n) is 11.5. The standard InChI is InChI=1S/C13H16N4O2S/c1-8-7-9(2)16-13(15-8)17-20(18,19)12-6-4-5-11(14)10(12)3/h4-7H,14H2,1-3H3,(H,15,16,17). The smallest absolute Gasteiger partial charge is 0.264 e. The van der Waals surface area contributed by atoms with E-state index in [9.17, 15) is 8.42 Å². The lowest BCUT2D eigenvalue weighted by molar-refractivity contribution is 0.600. The second-order valence-electron chi connectivity index (χ2n) is 4.55. The van der Waals surface area contributed by atoms with E-state index in [0.717, 1.165) is 0 Å². The predicted octanol–water partition coefficient (Wildman–Crippen LogP) is 1.78. The molecule has 0 spiro atoms. The fourth-order valence-electron chi connectivity index (χ4n) is 1.87. The summed E-state index contributed by atoms with van der Waals surface area (Å²) in [6.07, 6.45) is 0. The Labute approximate surface area is 118 Å². The summed E-state index contributed by atoms with van der Waals surface area (Å²) in [6.45, 7) is 5.21. The third-order valence-electron chi connectivity index (χ3n) is 2.82. The number of anilines is 2. The van der Waals surface area contributed by atoms with E-state index >= 15 is 0 Å². The number of sulfonamides is 1. The van der Waals surface area contributed by atoms with Crippen LogP contribution in [-0.4, -0.2) is 18.4 Å². The van der Waals surface area contributed by atoms with Crippen LogP contribution >= 0.6 is 0 Å². The molecule has 2 rings (SSSR count). The maximum atomic E-state index is 12.4. The van der Waals surface area contributed by atoms with Crippen molar-refractivity contribution < 1.29 is 8.42 Å². The summed E-state index contributed by atoms with van der Waals surface area (Å²) in [6, 6.07) is 6.52. The molecule has 106 valence electrons. The van der Waals surface area contributed by atoms with Gasteiger partial charge in [0.15, 0.2) is 0 Å². The molecule has 0 aliphatic rings. The maximum absolute atomic E-state index is 12.4. The number of benzene rings is 1. The highest BCUT2D eigenvalue weighted by molar-refractivity contribution is 7.92. The second-order valence-corrected chi connectivity index (χ2v) is 6.20. The van der Waals surface area contributed by atoms with Gasteiger partial charge < -0.3 is 5.73 Å². The fourth-order valence-corrected chi connectivity index (χ4v) is 3.09. The lowest BCUT2D eigenvalue weighted by Gasteiger charge is -2.11. The average Bonchev–Trinajstić information content (AvgIpc) is 2.30. The molecule has 0 saturated heterocycles. The summed E-state index contributed by atoms with van der Waals surface area (Å²) in [5, 5.41) is 0. The van der Waals surface area contributed by atoms with Gasteiger partial charge in [0.1, 0.15) is 0 Å². The van der Waals surface area contributed by atoms with Crippen LogP contribution in [-0.2, 0) is 10.0 Å². The lowest BCUT2D eigenvalue weighted by atomic mass is 10.2. The molecule has 7 heteroatoms. The van der Waals surface area contributed by atoms with E-state index in [-0.39, 0.29) is 10.8 Å². The van der Waals surface area contributed by atoms with Crippen molar-refractivity contribution in [2.75, 3.05) is 10.5 Å². The molecule has 0 aliphatic carbocycles. The summed E-state index contributed by atoms with van der Waals surface area (Å²) in [5.41, 5.74) is 8.05. The second kappa shape index (κ2) is 5.09. The number of nitrogens with zero attached hydrogens (tertiary/aromatic N) is 2. The molecule has 20 heavy (non-hydrogen) atoms. The first kappa shape index (κ1) is 14.3. The van der Waals surface area contributed by atoms with Crippen LogP contribution in [0.1, 0.15) is 17.0 Å². The Morgan fingerprint density at radius 1 is 1.10 bits per heavy atom. The monoisotopic (exact) mass is 292 g/mol. The molecule has 0 atom stereocenters. The molecule has 0 fully saturated rings. The van der Waals surface area contributed by atoms with E-state index in [0.29, 0.717) is 22.6 Å². The molecule has 1 aromatic heterocycles. The van der Waals surface area contributed by atoms with Gasteiger partial charge in [-0.25, -0.2) is 23.1 Å². The van der Waals surface area contributed by atoms with Gasteiger partial charge >= 0.3 is 0 Å². The molecule has 6 nitrogen and oxygen atoms in total. The topological polar surface area (TPSA) is 98.0 Å². The Hall–Kier alpha value is -2.15. The first-order valence-electron chi connectivity index (χ1n) is 6.00. The van der Waals surface area contributed by atoms with Crippen LogP contribution in [0.4, 0.5) is 11.6 Å². The highest BCUT2D eigenvalue weighted by Gasteiger charge is 2.19. The predicted molar refractivity (Wildman–Crippen MR) is 77.9 cm³/mol. The molecule has 0 aliphatic heterocycles. The van der Waals surface area contributed by atoms with Crippen molar-refractivity contribution in [2.45, 2.75) is 25.7 Å². The van der Waals surface area contributed by atoms with Gasteiger partial charge in [-0.15, -0.1) is 0 Å². The minimum Gasteiger partial charge on any atom is -0.398 e. The fraction of sp³-hybridized carbons (Fsp3) is 0.231. The molecule has 0 bridgehead atoms. The maximum Gasteiger partial charge on any atom is 0.264 e. The lowest BCUT2D eigenvalue weighted by Crippen LogP contribution is -2.17. The average molecular weight is 292 g/mol. The van der Waals surface area contributed by atoms with Crippen LogP contribution in [0.5, 0.6) is 0 Å². The summed E-state index contributed by atoms with van der Waals surface area (Å²) in [7, 11) is -3.76. The van der Waals surface area contributed by atoms with E-state index in [1.807, 2.05) is 0 Å². The van der Waals surface area contributed by atoms with Gasteiger partial charge in [0.25, 0.3) is 10.0 Å². The summed E-state index contributed by atoms with van der Waals surface area (Å²) in [4.78, 5) is 8.25. The van der Waals surface area contributed by atoms with E-state index in [4.69, 9.17) is 5.73 Å². The number of nitrogen functional groups attached to an aromatic ring is 1. The normalized spacial score (nSPS) is 11.3. The zero-order valence-corrected chi connectivity index (χ0v) is 12.3. The Morgan fingerprint density at radius 2 is 1.70 bits per heavy atom. The highest BCUT2D eigenvalue weighted by atomic mass is 32.2. The Bertz CT molecular complexity index is 737. The number of nitrogens with one attached hydrogen (secondary N) is 1. The Balaban J connectivity index is 2.43. The van der Waals surface area contributed by atoms with Gasteiger partial charge in [-0.3, -0.25) is 0 Å². The van der Waals surface area contributed by atoms with Crippen LogP contribution in [0, 0.1) is 20.8 Å². The number of nitrogens with two attached hydrogens (primary N) is 1. The number of hydrogen-bond acceptors (Lipinski definition) is 5. The molecule has 3 N–H and O–H groups in total. The molecule has 0 saturated carbocycles. The SMILES string of the molecule is Cc1cc(C)nc(NS(=O)(=O)c2cccc(N)c2C)n1. The van der Waals surface area contributed by atoms with Crippen molar-refractivity contribution in [3.63, 3.8) is 0 Å². The Kier molecular flexibility index (Phi) is 3.63. The minimum atomic E-state index is -3.76. The van der Waals surface area contributed by atoms with E-state index in [1.54, 1.807) is 39.0 Å². The van der Waals surface area contributed by atoms with Crippen molar-refractivity contribution in [3.05, 3.63) is 41.2 Å². The van der Waals surface area contributed by atoms with Crippen LogP contribution in [0.15, 0.2) is 29.2 Å². The molecule has 1 heterocycles. The van der Waals surface area contributed by atoms with Crippen molar-refractivity contribution in [1.29, 1.82) is 0 Å². The Morgan fingerprint density at radius 3 is 2.30 bits per heavy atom. The van der Waals surface area contributed by atoms with E-state index in [2.05, 4.69) is 14.7 Å². The quantitative estimate of drug-likeness (QED) is 0.840. The van der Waals surface area contributed by atoms with Gasteiger partial charge in [0.2, 0.25) is 5.95 Å². The minimum absolute atomic E-state index is 0.0596. The van der Waals surface area contributed by atoms with Gasteiger partial charge in [0, 0.05) is 17.1 Å². The van der Waals surface area contributed by atoms with Gasteiger partial charge in [-0.1, -0.05) is 6.07 Å². The first-order chi connectivity index (χ1) is 9.29. The third-order valence-corrected chi connectivity index (χ3v) is 4.30. The number of aryl methyl sites for hydroxylation is 2. The molecular formula is C13H16N4O2S. The van der Waals surface area contributed by atoms with Gasteiger partial charge in [-0.2, -0.15) is 0 Å². The highest BCUT2D eigenvalue weighted by Crippen LogP contribution is 2.22. The zero-order chi connectivity index (χ0) is 14.9. The van der Waals surface area contributed by atoms with Crippen LogP contribution in [0.2, 0.25) is 0 Å². The number of hydrogen-bond donors (Lipinski definition) is 2. The van der Waals surface area contributed by atoms with Crippen LogP contribution in [0.3, 0.4) is 0 Å². The number of rotatable bonds is 3. The van der Waals surface area contributed by atoms with Gasteiger partial charge in [0.05, 0.1) is 4.90 Å². The van der Waals surface area contributed by atoms with E-state index in [1.165, 1.54) is 6.07 Å². The van der Waals surface area contributed by atoms with E-state index < -0.39 is 10.0 Å². The molecule has 1 aromatic carbocycles. The molecule has 0 amide bonds. The van der Waals surface area contributed by atoms with Crippen LogP contribution in [0.25, 0.3) is 0 Å². The van der Waals surface area contributed by atoms with Crippen molar-refractivity contribution in [1.82, 2.24) is 9.97 Å². The first-order valence-corrected chi connectivity index (χ1v) is 7.48. The van der Waals surface area contributed by atoms with Crippen molar-refractivity contribution in [2.24, 2.45) is 0 Å². The number of aromatic nitrogens is 2. The molecule has 2 aromatic rings. The molecule has 0 radical (unpaired) electrons.